The molecule has 0 spiro atoms. The Morgan fingerprint density at radius 1 is 1.44 bits per heavy atom. The third-order valence-corrected chi connectivity index (χ3v) is 2.81. The van der Waals surface area contributed by atoms with Gasteiger partial charge in [-0.15, -0.1) is 0 Å². The molecule has 1 saturated carbocycles. The average molecular weight is 248 g/mol. The minimum absolute atomic E-state index is 0.0767. The second kappa shape index (κ2) is 6.40. The van der Waals surface area contributed by atoms with E-state index in [0.29, 0.717) is 12.6 Å². The molecular weight excluding hydrogens is 228 g/mol. The summed E-state index contributed by atoms with van der Waals surface area (Å²) in [4.78, 5) is 11.3. The van der Waals surface area contributed by atoms with Crippen molar-refractivity contribution in [3.8, 4) is 5.75 Å². The number of amides is 1. The lowest BCUT2D eigenvalue weighted by atomic mass is 10.2. The van der Waals surface area contributed by atoms with Crippen LogP contribution in [0.3, 0.4) is 0 Å². The van der Waals surface area contributed by atoms with E-state index in [9.17, 15) is 4.79 Å². The fraction of sp³-hybridized carbons (Fsp3) is 0.500. The van der Waals surface area contributed by atoms with Crippen LogP contribution in [0.25, 0.3) is 0 Å². The zero-order valence-electron chi connectivity index (χ0n) is 10.7. The van der Waals surface area contributed by atoms with Crippen molar-refractivity contribution < 1.29 is 9.53 Å². The lowest BCUT2D eigenvalue weighted by molar-refractivity contribution is -0.122. The summed E-state index contributed by atoms with van der Waals surface area (Å²) < 4.78 is 5.44. The fourth-order valence-electron chi connectivity index (χ4n) is 1.69. The van der Waals surface area contributed by atoms with Gasteiger partial charge in [0.25, 0.3) is 5.91 Å². The third-order valence-electron chi connectivity index (χ3n) is 2.81. The lowest BCUT2D eigenvalue weighted by Gasteiger charge is -2.08. The highest BCUT2D eigenvalue weighted by Crippen LogP contribution is 2.20. The van der Waals surface area contributed by atoms with Crippen LogP contribution in [0.5, 0.6) is 5.75 Å². The second-order valence-electron chi connectivity index (χ2n) is 4.54. The zero-order valence-corrected chi connectivity index (χ0v) is 10.7. The normalized spacial score (nSPS) is 14.3. The van der Waals surface area contributed by atoms with Crippen molar-refractivity contribution in [2.24, 2.45) is 0 Å². The molecule has 18 heavy (non-hydrogen) atoms. The molecule has 1 aromatic rings. The minimum atomic E-state index is -0.0843. The predicted molar refractivity (Wildman–Crippen MR) is 70.5 cm³/mol. The largest absolute Gasteiger partial charge is 0.484 e. The van der Waals surface area contributed by atoms with E-state index in [-0.39, 0.29) is 12.5 Å². The van der Waals surface area contributed by atoms with Gasteiger partial charge >= 0.3 is 0 Å². The first-order chi connectivity index (χ1) is 8.78. The van der Waals surface area contributed by atoms with Gasteiger partial charge in [-0.25, -0.2) is 0 Å². The topological polar surface area (TPSA) is 50.4 Å². The smallest absolute Gasteiger partial charge is 0.257 e. The third kappa shape index (κ3) is 4.37. The quantitative estimate of drug-likeness (QED) is 0.768. The van der Waals surface area contributed by atoms with E-state index in [4.69, 9.17) is 4.74 Å². The molecule has 2 N–H and O–H groups in total. The van der Waals surface area contributed by atoms with Crippen LogP contribution in [0.15, 0.2) is 24.3 Å². The number of benzene rings is 1. The Bertz CT molecular complexity index is 403. The average Bonchev–Trinajstić information content (AvgIpc) is 3.19. The van der Waals surface area contributed by atoms with Crippen LogP contribution >= 0.6 is 0 Å². The predicted octanol–water partition coefficient (Wildman–Crippen LogP) is 1.45. The summed E-state index contributed by atoms with van der Waals surface area (Å²) in [6.07, 6.45) is 2.57. The molecule has 1 fully saturated rings. The summed E-state index contributed by atoms with van der Waals surface area (Å²) >= 11 is 0. The first-order valence-corrected chi connectivity index (χ1v) is 6.49. The fourth-order valence-corrected chi connectivity index (χ4v) is 1.69. The number of ether oxygens (including phenoxy) is 1. The summed E-state index contributed by atoms with van der Waals surface area (Å²) in [5.74, 6) is 0.662. The summed E-state index contributed by atoms with van der Waals surface area (Å²) in [7, 11) is 0. The van der Waals surface area contributed by atoms with Crippen LogP contribution in [0.2, 0.25) is 0 Å². The molecule has 2 rings (SSSR count). The highest BCUT2D eigenvalue weighted by Gasteiger charge is 2.19. The second-order valence-corrected chi connectivity index (χ2v) is 4.54. The van der Waals surface area contributed by atoms with Crippen molar-refractivity contribution in [1.82, 2.24) is 10.6 Å². The van der Waals surface area contributed by atoms with E-state index in [1.54, 1.807) is 0 Å². The number of likely N-dealkylation sites (N-methyl/N-ethyl adjacent to an activating group) is 1. The summed E-state index contributed by atoms with van der Waals surface area (Å²) in [6, 6.07) is 8.57. The van der Waals surface area contributed by atoms with Gasteiger partial charge in [0.05, 0.1) is 0 Å². The lowest BCUT2D eigenvalue weighted by Crippen LogP contribution is -2.28. The van der Waals surface area contributed by atoms with Crippen molar-refractivity contribution in [3.05, 3.63) is 29.8 Å². The Labute approximate surface area is 108 Å². The zero-order chi connectivity index (χ0) is 12.8. The van der Waals surface area contributed by atoms with Crippen LogP contribution < -0.4 is 15.4 Å². The number of hydrogen-bond acceptors (Lipinski definition) is 3. The summed E-state index contributed by atoms with van der Waals surface area (Å²) in [6.45, 7) is 3.46. The molecular formula is C14H20N2O2. The van der Waals surface area contributed by atoms with Gasteiger partial charge in [-0.3, -0.25) is 4.79 Å². The van der Waals surface area contributed by atoms with Crippen LogP contribution in [0.4, 0.5) is 0 Å². The van der Waals surface area contributed by atoms with Gasteiger partial charge in [0, 0.05) is 19.1 Å². The number of carbonyl (C=O) groups is 1. The van der Waals surface area contributed by atoms with Gasteiger partial charge in [-0.05, 0) is 37.5 Å². The molecule has 0 atom stereocenters. The standard InChI is InChI=1S/C14H20N2O2/c1-2-15-14(17)10-18-13-5-3-4-11(8-13)9-16-12-6-7-12/h3-5,8,12,16H,2,6-7,9-10H2,1H3,(H,15,17). The Balaban J connectivity index is 1.80. The summed E-state index contributed by atoms with van der Waals surface area (Å²) in [5, 5.41) is 6.15. The Kier molecular flexibility index (Phi) is 4.59. The van der Waals surface area contributed by atoms with Crippen molar-refractivity contribution in [3.63, 3.8) is 0 Å². The van der Waals surface area contributed by atoms with Crippen molar-refractivity contribution >= 4 is 5.91 Å². The monoisotopic (exact) mass is 248 g/mol. The van der Waals surface area contributed by atoms with E-state index < -0.39 is 0 Å². The molecule has 1 aliphatic rings. The first kappa shape index (κ1) is 12.9. The maximum Gasteiger partial charge on any atom is 0.257 e. The molecule has 98 valence electrons. The van der Waals surface area contributed by atoms with Gasteiger partial charge < -0.3 is 15.4 Å². The number of hydrogen-bond donors (Lipinski definition) is 2. The molecule has 0 saturated heterocycles. The van der Waals surface area contributed by atoms with E-state index in [2.05, 4.69) is 16.7 Å². The molecule has 0 aromatic heterocycles. The number of rotatable bonds is 7. The molecule has 4 heteroatoms. The molecule has 1 aromatic carbocycles. The maximum absolute atomic E-state index is 11.3. The maximum atomic E-state index is 11.3. The molecule has 1 amide bonds. The Morgan fingerprint density at radius 2 is 2.28 bits per heavy atom. The Hall–Kier alpha value is -1.55. The van der Waals surface area contributed by atoms with E-state index in [1.807, 2.05) is 25.1 Å². The molecule has 1 aliphatic carbocycles. The number of carbonyl (C=O) groups excluding carboxylic acids is 1. The van der Waals surface area contributed by atoms with E-state index >= 15 is 0 Å². The molecule has 0 bridgehead atoms. The van der Waals surface area contributed by atoms with Crippen LogP contribution in [-0.4, -0.2) is 25.1 Å². The van der Waals surface area contributed by atoms with Gasteiger partial charge in [0.1, 0.15) is 5.75 Å². The summed E-state index contributed by atoms with van der Waals surface area (Å²) in [5.41, 5.74) is 1.19. The van der Waals surface area contributed by atoms with Crippen LogP contribution in [0, 0.1) is 0 Å². The molecule has 0 radical (unpaired) electrons. The van der Waals surface area contributed by atoms with Crippen LogP contribution in [0.1, 0.15) is 25.3 Å². The molecule has 0 heterocycles. The van der Waals surface area contributed by atoms with Gasteiger partial charge in [0.2, 0.25) is 0 Å². The molecule has 0 unspecified atom stereocenters. The van der Waals surface area contributed by atoms with Crippen molar-refractivity contribution in [1.29, 1.82) is 0 Å². The van der Waals surface area contributed by atoms with Crippen molar-refractivity contribution in [2.45, 2.75) is 32.4 Å². The highest BCUT2D eigenvalue weighted by molar-refractivity contribution is 5.77. The van der Waals surface area contributed by atoms with Gasteiger partial charge in [-0.2, -0.15) is 0 Å². The Morgan fingerprint density at radius 3 is 3.00 bits per heavy atom. The highest BCUT2D eigenvalue weighted by atomic mass is 16.5. The molecule has 0 aliphatic heterocycles. The van der Waals surface area contributed by atoms with Crippen molar-refractivity contribution in [2.75, 3.05) is 13.2 Å². The number of nitrogens with one attached hydrogen (secondary N) is 2. The SMILES string of the molecule is CCNC(=O)COc1cccc(CNC2CC2)c1. The van der Waals surface area contributed by atoms with E-state index in [0.717, 1.165) is 12.3 Å². The molecule has 4 nitrogen and oxygen atoms in total. The van der Waals surface area contributed by atoms with E-state index in [1.165, 1.54) is 18.4 Å². The minimum Gasteiger partial charge on any atom is -0.484 e. The first-order valence-electron chi connectivity index (χ1n) is 6.49. The van der Waals surface area contributed by atoms with Gasteiger partial charge in [-0.1, -0.05) is 12.1 Å². The van der Waals surface area contributed by atoms with Crippen LogP contribution in [-0.2, 0) is 11.3 Å². The van der Waals surface area contributed by atoms with Gasteiger partial charge in [0.15, 0.2) is 6.61 Å².